The highest BCUT2D eigenvalue weighted by atomic mass is 16.3. The average Bonchev–Trinajstić information content (AvgIpc) is 3.27. The fourth-order valence-corrected chi connectivity index (χ4v) is 3.12. The number of nitrogens with zero attached hydrogens (tertiary/aromatic N) is 3. The molecule has 1 saturated heterocycles. The molecule has 5 nitrogen and oxygen atoms in total. The maximum absolute atomic E-state index is 5.66. The lowest BCUT2D eigenvalue weighted by Crippen LogP contribution is -2.51. The van der Waals surface area contributed by atoms with Crippen LogP contribution >= 0.6 is 0 Å². The van der Waals surface area contributed by atoms with Crippen molar-refractivity contribution in [3.63, 3.8) is 0 Å². The van der Waals surface area contributed by atoms with Crippen molar-refractivity contribution in [3.8, 4) is 0 Å². The second-order valence-corrected chi connectivity index (χ2v) is 6.94. The highest BCUT2D eigenvalue weighted by molar-refractivity contribution is 5.41. The molecule has 2 aromatic heterocycles. The van der Waals surface area contributed by atoms with E-state index in [1.54, 1.807) is 0 Å². The van der Waals surface area contributed by atoms with Crippen molar-refractivity contribution in [2.75, 3.05) is 24.5 Å². The summed E-state index contributed by atoms with van der Waals surface area (Å²) in [6, 6.07) is 8.60. The molecule has 1 aliphatic carbocycles. The molecule has 1 unspecified atom stereocenters. The number of aromatic nitrogens is 2. The molecule has 0 bridgehead atoms. The number of rotatable bonds is 6. The summed E-state index contributed by atoms with van der Waals surface area (Å²) >= 11 is 0. The molecule has 2 aromatic rings. The number of aryl methyl sites for hydroxylation is 1. The van der Waals surface area contributed by atoms with Gasteiger partial charge in [-0.2, -0.15) is 5.10 Å². The van der Waals surface area contributed by atoms with Crippen LogP contribution in [0.2, 0.25) is 0 Å². The lowest BCUT2D eigenvalue weighted by Gasteiger charge is -2.40. The predicted molar refractivity (Wildman–Crippen MR) is 89.6 cm³/mol. The van der Waals surface area contributed by atoms with Gasteiger partial charge >= 0.3 is 0 Å². The summed E-state index contributed by atoms with van der Waals surface area (Å²) in [6.07, 6.45) is 2.55. The van der Waals surface area contributed by atoms with Crippen molar-refractivity contribution in [2.45, 2.75) is 38.6 Å². The topological polar surface area (TPSA) is 54.2 Å². The standard InChI is InChI=1S/C18H24N4O/c1-12-3-7-17(23-12)13(2)19-9-14-10-22(11-14)18-8-6-16(20-21-18)15-4-5-15/h3,6-8,13-15,19H,4-5,9-11H2,1-2H3. The van der Waals surface area contributed by atoms with Crippen LogP contribution in [0.5, 0.6) is 0 Å². The zero-order valence-electron chi connectivity index (χ0n) is 13.8. The van der Waals surface area contributed by atoms with Crippen LogP contribution in [0.25, 0.3) is 0 Å². The largest absolute Gasteiger partial charge is 0.465 e. The Bertz CT molecular complexity index is 656. The van der Waals surface area contributed by atoms with Crippen molar-refractivity contribution in [1.29, 1.82) is 0 Å². The fourth-order valence-electron chi connectivity index (χ4n) is 3.12. The molecule has 2 fully saturated rings. The Kier molecular flexibility index (Phi) is 3.81. The van der Waals surface area contributed by atoms with E-state index in [-0.39, 0.29) is 6.04 Å². The third kappa shape index (κ3) is 3.24. The van der Waals surface area contributed by atoms with E-state index < -0.39 is 0 Å². The van der Waals surface area contributed by atoms with Crippen molar-refractivity contribution < 1.29 is 4.42 Å². The predicted octanol–water partition coefficient (Wildman–Crippen LogP) is 3.04. The molecule has 3 heterocycles. The van der Waals surface area contributed by atoms with Crippen molar-refractivity contribution in [1.82, 2.24) is 15.5 Å². The highest BCUT2D eigenvalue weighted by Gasteiger charge is 2.29. The number of hydrogen-bond donors (Lipinski definition) is 1. The molecule has 1 saturated carbocycles. The Hall–Kier alpha value is -1.88. The summed E-state index contributed by atoms with van der Waals surface area (Å²) in [7, 11) is 0. The number of furan rings is 1. The first-order chi connectivity index (χ1) is 11.2. The first kappa shape index (κ1) is 14.7. The van der Waals surface area contributed by atoms with E-state index in [1.165, 1.54) is 12.8 Å². The monoisotopic (exact) mass is 312 g/mol. The minimum absolute atomic E-state index is 0.260. The van der Waals surface area contributed by atoms with Gasteiger partial charge in [-0.05, 0) is 51.0 Å². The van der Waals surface area contributed by atoms with Crippen LogP contribution in [0, 0.1) is 12.8 Å². The van der Waals surface area contributed by atoms with E-state index in [2.05, 4.69) is 45.5 Å². The molecule has 1 N–H and O–H groups in total. The molecular formula is C18H24N4O. The minimum atomic E-state index is 0.260. The third-order valence-electron chi connectivity index (χ3n) is 4.85. The molecule has 0 amide bonds. The lowest BCUT2D eigenvalue weighted by atomic mass is 9.99. The van der Waals surface area contributed by atoms with Crippen LogP contribution in [0.4, 0.5) is 5.82 Å². The highest BCUT2D eigenvalue weighted by Crippen LogP contribution is 2.38. The molecule has 2 aliphatic rings. The summed E-state index contributed by atoms with van der Waals surface area (Å²) in [5.41, 5.74) is 1.16. The van der Waals surface area contributed by atoms with Crippen molar-refractivity contribution in [3.05, 3.63) is 41.5 Å². The maximum atomic E-state index is 5.66. The second kappa shape index (κ2) is 5.96. The van der Waals surface area contributed by atoms with Crippen LogP contribution in [0.1, 0.15) is 48.9 Å². The van der Waals surface area contributed by atoms with E-state index in [0.717, 1.165) is 42.7 Å². The minimum Gasteiger partial charge on any atom is -0.465 e. The number of nitrogens with one attached hydrogen (secondary N) is 1. The van der Waals surface area contributed by atoms with E-state index >= 15 is 0 Å². The first-order valence-electron chi connectivity index (χ1n) is 8.57. The normalized spacial score (nSPS) is 19.7. The zero-order valence-corrected chi connectivity index (χ0v) is 13.8. The Morgan fingerprint density at radius 3 is 2.65 bits per heavy atom. The van der Waals surface area contributed by atoms with Gasteiger partial charge in [-0.1, -0.05) is 0 Å². The summed E-state index contributed by atoms with van der Waals surface area (Å²) < 4.78 is 5.66. The second-order valence-electron chi connectivity index (χ2n) is 6.94. The van der Waals surface area contributed by atoms with E-state index in [1.807, 2.05) is 13.0 Å². The third-order valence-corrected chi connectivity index (χ3v) is 4.85. The summed E-state index contributed by atoms with van der Waals surface area (Å²) in [6.45, 7) is 7.24. The SMILES string of the molecule is Cc1ccc(C(C)NCC2CN(c3ccc(C4CC4)nn3)C2)o1. The van der Waals surface area contributed by atoms with Gasteiger partial charge in [0.25, 0.3) is 0 Å². The summed E-state index contributed by atoms with van der Waals surface area (Å²) in [4.78, 5) is 2.30. The zero-order chi connectivity index (χ0) is 15.8. The van der Waals surface area contributed by atoms with E-state index in [0.29, 0.717) is 11.8 Å². The Balaban J connectivity index is 1.23. The van der Waals surface area contributed by atoms with E-state index in [9.17, 15) is 0 Å². The molecule has 0 spiro atoms. The lowest BCUT2D eigenvalue weighted by molar-refractivity contribution is 0.344. The van der Waals surface area contributed by atoms with Gasteiger partial charge in [0.2, 0.25) is 0 Å². The Morgan fingerprint density at radius 1 is 1.22 bits per heavy atom. The van der Waals surface area contributed by atoms with Gasteiger partial charge in [0, 0.05) is 31.5 Å². The maximum Gasteiger partial charge on any atom is 0.151 e. The fraction of sp³-hybridized carbons (Fsp3) is 0.556. The molecule has 5 heteroatoms. The van der Waals surface area contributed by atoms with Crippen LogP contribution in [-0.4, -0.2) is 29.8 Å². The summed E-state index contributed by atoms with van der Waals surface area (Å²) in [5.74, 6) is 4.34. The summed E-state index contributed by atoms with van der Waals surface area (Å²) in [5, 5.41) is 12.3. The Labute approximate surface area is 137 Å². The van der Waals surface area contributed by atoms with Gasteiger partial charge in [-0.25, -0.2) is 0 Å². The van der Waals surface area contributed by atoms with Crippen LogP contribution in [0.3, 0.4) is 0 Å². The molecular weight excluding hydrogens is 288 g/mol. The van der Waals surface area contributed by atoms with Crippen LogP contribution in [-0.2, 0) is 0 Å². The molecule has 23 heavy (non-hydrogen) atoms. The van der Waals surface area contributed by atoms with Gasteiger partial charge in [0.05, 0.1) is 11.7 Å². The van der Waals surface area contributed by atoms with Crippen molar-refractivity contribution in [2.24, 2.45) is 5.92 Å². The van der Waals surface area contributed by atoms with E-state index in [4.69, 9.17) is 4.42 Å². The molecule has 1 atom stereocenters. The van der Waals surface area contributed by atoms with Gasteiger partial charge in [0.1, 0.15) is 11.5 Å². The smallest absolute Gasteiger partial charge is 0.151 e. The quantitative estimate of drug-likeness (QED) is 0.888. The molecule has 1 aliphatic heterocycles. The first-order valence-corrected chi connectivity index (χ1v) is 8.57. The van der Waals surface area contributed by atoms with Gasteiger partial charge in [-0.15, -0.1) is 5.10 Å². The van der Waals surface area contributed by atoms with Gasteiger partial charge in [0.15, 0.2) is 5.82 Å². The Morgan fingerprint density at radius 2 is 2.04 bits per heavy atom. The molecule has 122 valence electrons. The van der Waals surface area contributed by atoms with Crippen molar-refractivity contribution >= 4 is 5.82 Å². The van der Waals surface area contributed by atoms with Crippen LogP contribution in [0.15, 0.2) is 28.7 Å². The van der Waals surface area contributed by atoms with Gasteiger partial charge < -0.3 is 14.6 Å². The molecule has 0 radical (unpaired) electrons. The average molecular weight is 312 g/mol. The molecule has 4 rings (SSSR count). The van der Waals surface area contributed by atoms with Gasteiger partial charge in [-0.3, -0.25) is 0 Å². The van der Waals surface area contributed by atoms with Crippen LogP contribution < -0.4 is 10.2 Å². The number of hydrogen-bond acceptors (Lipinski definition) is 5. The number of anilines is 1. The molecule has 0 aromatic carbocycles.